The molecular formula is C12H22O4. The summed E-state index contributed by atoms with van der Waals surface area (Å²) in [7, 11) is 0. The lowest BCUT2D eigenvalue weighted by Gasteiger charge is -2.37. The molecule has 0 amide bonds. The Kier molecular flexibility index (Phi) is 5.41. The van der Waals surface area contributed by atoms with Gasteiger partial charge in [0.15, 0.2) is 0 Å². The van der Waals surface area contributed by atoms with E-state index in [2.05, 4.69) is 6.58 Å². The molecule has 1 aliphatic heterocycles. The Labute approximate surface area is 97.2 Å². The standard InChI is InChI=1S/C12H22O4/c1-4-5-10(2)15-7-11-6-14-9-12(3,8-13)16-11/h4,10-11,13H,1,5-9H2,2-3H3/t10?,11-,12?/m0/s1. The molecule has 1 fully saturated rings. The van der Waals surface area contributed by atoms with Crippen LogP contribution in [0.2, 0.25) is 0 Å². The van der Waals surface area contributed by atoms with E-state index in [9.17, 15) is 5.11 Å². The predicted octanol–water partition coefficient (Wildman–Crippen LogP) is 1.13. The van der Waals surface area contributed by atoms with Crippen molar-refractivity contribution in [1.29, 1.82) is 0 Å². The van der Waals surface area contributed by atoms with Gasteiger partial charge in [-0.15, -0.1) is 6.58 Å². The van der Waals surface area contributed by atoms with E-state index < -0.39 is 5.60 Å². The van der Waals surface area contributed by atoms with Crippen molar-refractivity contribution in [2.24, 2.45) is 0 Å². The second-order valence-electron chi connectivity index (χ2n) is 4.53. The van der Waals surface area contributed by atoms with E-state index in [1.807, 2.05) is 19.9 Å². The van der Waals surface area contributed by atoms with Crippen LogP contribution in [0.4, 0.5) is 0 Å². The molecule has 3 atom stereocenters. The summed E-state index contributed by atoms with van der Waals surface area (Å²) in [4.78, 5) is 0. The molecule has 1 N–H and O–H groups in total. The van der Waals surface area contributed by atoms with Crippen LogP contribution in [0.25, 0.3) is 0 Å². The third kappa shape index (κ3) is 4.22. The van der Waals surface area contributed by atoms with Crippen LogP contribution in [0.5, 0.6) is 0 Å². The highest BCUT2D eigenvalue weighted by molar-refractivity contribution is 4.80. The summed E-state index contributed by atoms with van der Waals surface area (Å²) >= 11 is 0. The molecule has 1 aliphatic rings. The van der Waals surface area contributed by atoms with Crippen LogP contribution in [-0.2, 0) is 14.2 Å². The lowest BCUT2D eigenvalue weighted by atomic mass is 10.1. The maximum atomic E-state index is 9.17. The van der Waals surface area contributed by atoms with Gasteiger partial charge in [-0.1, -0.05) is 6.08 Å². The molecule has 0 aliphatic carbocycles. The lowest BCUT2D eigenvalue weighted by molar-refractivity contribution is -0.219. The normalized spacial score (nSPS) is 32.3. The zero-order chi connectivity index (χ0) is 12.0. The van der Waals surface area contributed by atoms with Gasteiger partial charge < -0.3 is 19.3 Å². The van der Waals surface area contributed by atoms with Crippen molar-refractivity contribution in [2.75, 3.05) is 26.4 Å². The van der Waals surface area contributed by atoms with E-state index in [0.29, 0.717) is 19.8 Å². The Hall–Kier alpha value is -0.420. The minimum atomic E-state index is -0.589. The summed E-state index contributed by atoms with van der Waals surface area (Å²) in [5, 5.41) is 9.17. The Morgan fingerprint density at radius 1 is 1.69 bits per heavy atom. The quantitative estimate of drug-likeness (QED) is 0.695. The van der Waals surface area contributed by atoms with Crippen molar-refractivity contribution in [2.45, 2.75) is 38.1 Å². The van der Waals surface area contributed by atoms with E-state index in [1.54, 1.807) is 0 Å². The van der Waals surface area contributed by atoms with E-state index in [1.165, 1.54) is 0 Å². The highest BCUT2D eigenvalue weighted by atomic mass is 16.6. The van der Waals surface area contributed by atoms with Crippen LogP contribution in [-0.4, -0.2) is 49.3 Å². The van der Waals surface area contributed by atoms with E-state index in [0.717, 1.165) is 6.42 Å². The van der Waals surface area contributed by atoms with Crippen LogP contribution in [0, 0.1) is 0 Å². The van der Waals surface area contributed by atoms with Crippen molar-refractivity contribution in [1.82, 2.24) is 0 Å². The molecule has 4 heteroatoms. The average molecular weight is 230 g/mol. The molecule has 94 valence electrons. The summed E-state index contributed by atoms with van der Waals surface area (Å²) in [6, 6.07) is 0. The molecule has 16 heavy (non-hydrogen) atoms. The number of hydrogen-bond donors (Lipinski definition) is 1. The zero-order valence-electron chi connectivity index (χ0n) is 10.1. The lowest BCUT2D eigenvalue weighted by Crippen LogP contribution is -2.49. The topological polar surface area (TPSA) is 47.9 Å². The third-order valence-electron chi connectivity index (χ3n) is 2.56. The molecule has 1 rings (SSSR count). The molecule has 1 saturated heterocycles. The molecule has 0 aromatic carbocycles. The monoisotopic (exact) mass is 230 g/mol. The van der Waals surface area contributed by atoms with Crippen LogP contribution >= 0.6 is 0 Å². The molecule has 0 aromatic heterocycles. The Morgan fingerprint density at radius 3 is 3.06 bits per heavy atom. The third-order valence-corrected chi connectivity index (χ3v) is 2.56. The van der Waals surface area contributed by atoms with Gasteiger partial charge in [0, 0.05) is 0 Å². The van der Waals surface area contributed by atoms with Crippen LogP contribution in [0.1, 0.15) is 20.3 Å². The smallest absolute Gasteiger partial charge is 0.112 e. The van der Waals surface area contributed by atoms with Crippen molar-refractivity contribution in [3.8, 4) is 0 Å². The maximum absolute atomic E-state index is 9.17. The van der Waals surface area contributed by atoms with Crippen molar-refractivity contribution < 1.29 is 19.3 Å². The van der Waals surface area contributed by atoms with Crippen LogP contribution in [0.15, 0.2) is 12.7 Å². The number of hydrogen-bond acceptors (Lipinski definition) is 4. The molecule has 0 spiro atoms. The van der Waals surface area contributed by atoms with Gasteiger partial charge in [-0.05, 0) is 20.3 Å². The average Bonchev–Trinajstić information content (AvgIpc) is 2.27. The van der Waals surface area contributed by atoms with Crippen molar-refractivity contribution in [3.63, 3.8) is 0 Å². The molecule has 2 unspecified atom stereocenters. The van der Waals surface area contributed by atoms with E-state index >= 15 is 0 Å². The fourth-order valence-corrected chi connectivity index (χ4v) is 1.62. The Morgan fingerprint density at radius 2 is 2.44 bits per heavy atom. The molecule has 4 nitrogen and oxygen atoms in total. The van der Waals surface area contributed by atoms with Crippen molar-refractivity contribution in [3.05, 3.63) is 12.7 Å². The summed E-state index contributed by atoms with van der Waals surface area (Å²) in [6.45, 7) is 8.91. The summed E-state index contributed by atoms with van der Waals surface area (Å²) in [6.07, 6.45) is 2.70. The van der Waals surface area contributed by atoms with E-state index in [-0.39, 0.29) is 18.8 Å². The first kappa shape index (κ1) is 13.6. The maximum Gasteiger partial charge on any atom is 0.112 e. The first-order chi connectivity index (χ1) is 7.59. The van der Waals surface area contributed by atoms with Gasteiger partial charge in [0.1, 0.15) is 11.7 Å². The first-order valence-corrected chi connectivity index (χ1v) is 5.68. The minimum absolute atomic E-state index is 0.0360. The fraction of sp³-hybridized carbons (Fsp3) is 0.833. The van der Waals surface area contributed by atoms with Crippen LogP contribution < -0.4 is 0 Å². The van der Waals surface area contributed by atoms with Gasteiger partial charge in [0.2, 0.25) is 0 Å². The molecule has 0 aromatic rings. The van der Waals surface area contributed by atoms with Gasteiger partial charge in [-0.25, -0.2) is 0 Å². The zero-order valence-corrected chi connectivity index (χ0v) is 10.1. The highest BCUT2D eigenvalue weighted by Crippen LogP contribution is 2.19. The molecular weight excluding hydrogens is 208 g/mol. The predicted molar refractivity (Wildman–Crippen MR) is 61.4 cm³/mol. The minimum Gasteiger partial charge on any atom is -0.393 e. The Balaban J connectivity index is 2.29. The van der Waals surface area contributed by atoms with Crippen LogP contribution in [0.3, 0.4) is 0 Å². The van der Waals surface area contributed by atoms with Gasteiger partial charge in [0.25, 0.3) is 0 Å². The second-order valence-corrected chi connectivity index (χ2v) is 4.53. The number of rotatable bonds is 6. The SMILES string of the molecule is C=CCC(C)OC[C@@H]1COCC(C)(CO)O1. The molecule has 0 bridgehead atoms. The first-order valence-electron chi connectivity index (χ1n) is 5.68. The number of ether oxygens (including phenoxy) is 3. The van der Waals surface area contributed by atoms with Gasteiger partial charge in [0.05, 0.1) is 32.5 Å². The highest BCUT2D eigenvalue weighted by Gasteiger charge is 2.33. The van der Waals surface area contributed by atoms with Gasteiger partial charge >= 0.3 is 0 Å². The summed E-state index contributed by atoms with van der Waals surface area (Å²) in [5.74, 6) is 0. The number of aliphatic hydroxyl groups excluding tert-OH is 1. The molecule has 0 saturated carbocycles. The van der Waals surface area contributed by atoms with E-state index in [4.69, 9.17) is 14.2 Å². The largest absolute Gasteiger partial charge is 0.393 e. The number of aliphatic hydroxyl groups is 1. The molecule has 1 heterocycles. The summed E-state index contributed by atoms with van der Waals surface area (Å²) < 4.78 is 16.7. The second kappa shape index (κ2) is 6.35. The van der Waals surface area contributed by atoms with Gasteiger partial charge in [-0.3, -0.25) is 0 Å². The van der Waals surface area contributed by atoms with Gasteiger partial charge in [-0.2, -0.15) is 0 Å². The summed E-state index contributed by atoms with van der Waals surface area (Å²) in [5.41, 5.74) is -0.589. The van der Waals surface area contributed by atoms with Crippen molar-refractivity contribution >= 4 is 0 Å². The fourth-order valence-electron chi connectivity index (χ4n) is 1.62. The Bertz CT molecular complexity index is 219. The molecule has 0 radical (unpaired) electrons.